The van der Waals surface area contributed by atoms with Crippen LogP contribution in [0.1, 0.15) is 18.5 Å². The molecule has 4 rings (SSSR count). The van der Waals surface area contributed by atoms with Gasteiger partial charge >= 0.3 is 0 Å². The molecule has 1 aromatic heterocycles. The van der Waals surface area contributed by atoms with Crippen LogP contribution in [0.2, 0.25) is 0 Å². The molecule has 0 radical (unpaired) electrons. The van der Waals surface area contributed by atoms with E-state index in [2.05, 4.69) is 22.0 Å². The van der Waals surface area contributed by atoms with Crippen molar-refractivity contribution in [3.8, 4) is 5.75 Å². The van der Waals surface area contributed by atoms with Crippen LogP contribution >= 0.6 is 0 Å². The number of hydrogen-bond acceptors (Lipinski definition) is 3. The maximum absolute atomic E-state index is 6.07. The quantitative estimate of drug-likeness (QED) is 0.638. The lowest BCUT2D eigenvalue weighted by molar-refractivity contribution is 0.199. The van der Waals surface area contributed by atoms with Crippen LogP contribution < -0.4 is 4.74 Å². The first-order chi connectivity index (χ1) is 8.42. The lowest BCUT2D eigenvalue weighted by Crippen LogP contribution is -2.32. The molecule has 3 aliphatic heterocycles. The van der Waals surface area contributed by atoms with Gasteiger partial charge in [-0.1, -0.05) is 6.08 Å². The highest BCUT2D eigenvalue weighted by molar-refractivity contribution is 5.28. The average Bonchev–Trinajstić information content (AvgIpc) is 2.34. The first-order valence-corrected chi connectivity index (χ1v) is 6.41. The maximum atomic E-state index is 6.07. The van der Waals surface area contributed by atoms with Crippen LogP contribution in [0, 0.1) is 0 Å². The van der Waals surface area contributed by atoms with E-state index in [1.165, 1.54) is 13.0 Å². The summed E-state index contributed by atoms with van der Waals surface area (Å²) in [4.78, 5) is 6.94. The van der Waals surface area contributed by atoms with Crippen molar-refractivity contribution in [2.75, 3.05) is 19.6 Å². The molecular formula is C14H18N2O. The number of fused-ring (bicyclic) bond motifs is 4. The van der Waals surface area contributed by atoms with Crippen LogP contribution in [0.5, 0.6) is 5.75 Å². The number of pyridine rings is 1. The van der Waals surface area contributed by atoms with Crippen LogP contribution in [0.15, 0.2) is 30.5 Å². The molecule has 0 spiro atoms. The Morgan fingerprint density at radius 2 is 2.35 bits per heavy atom. The molecule has 90 valence electrons. The predicted molar refractivity (Wildman–Crippen MR) is 67.2 cm³/mol. The van der Waals surface area contributed by atoms with Gasteiger partial charge in [-0.2, -0.15) is 0 Å². The summed E-state index contributed by atoms with van der Waals surface area (Å²) in [5.74, 6) is 0.964. The molecule has 0 saturated carbocycles. The molecule has 1 aromatic rings. The molecule has 1 unspecified atom stereocenters. The van der Waals surface area contributed by atoms with Gasteiger partial charge in [-0.15, -0.1) is 0 Å². The van der Waals surface area contributed by atoms with Crippen LogP contribution in [-0.4, -0.2) is 35.6 Å². The fourth-order valence-electron chi connectivity index (χ4n) is 2.51. The fourth-order valence-corrected chi connectivity index (χ4v) is 2.51. The minimum Gasteiger partial charge on any atom is -0.484 e. The highest BCUT2D eigenvalue weighted by Gasteiger charge is 2.17. The summed E-state index contributed by atoms with van der Waals surface area (Å²) in [6.45, 7) is 3.29. The molecule has 3 nitrogen and oxygen atoms in total. The van der Waals surface area contributed by atoms with E-state index in [0.29, 0.717) is 0 Å². The van der Waals surface area contributed by atoms with Gasteiger partial charge in [0.2, 0.25) is 0 Å². The molecule has 0 saturated heterocycles. The zero-order valence-corrected chi connectivity index (χ0v) is 10.0. The zero-order valence-electron chi connectivity index (χ0n) is 10.0. The highest BCUT2D eigenvalue weighted by Crippen LogP contribution is 2.22. The van der Waals surface area contributed by atoms with Crippen LogP contribution in [0.3, 0.4) is 0 Å². The van der Waals surface area contributed by atoms with Crippen LogP contribution in [0.25, 0.3) is 0 Å². The van der Waals surface area contributed by atoms with E-state index in [0.717, 1.165) is 37.4 Å². The van der Waals surface area contributed by atoms with Crippen molar-refractivity contribution < 1.29 is 4.74 Å². The number of nitrogens with zero attached hydrogens (tertiary/aromatic N) is 2. The monoisotopic (exact) mass is 230 g/mol. The summed E-state index contributed by atoms with van der Waals surface area (Å²) in [7, 11) is 0. The second-order valence-electron chi connectivity index (χ2n) is 4.73. The molecule has 2 atom stereocenters. The molecule has 0 fully saturated rings. The maximum Gasteiger partial charge on any atom is 0.141 e. The standard InChI is InChI=1S/C14H18N2O/c1-6-14-13(15-8-1)7-11-16-9-2-4-12(17-14)5-3-10-16/h1-2,4,6,8,12H,3,5,7,9-11H2/b4-2-/t12-/m0/s1. The molecule has 2 bridgehead atoms. The Hall–Kier alpha value is -1.35. The van der Waals surface area contributed by atoms with Crippen molar-refractivity contribution >= 4 is 0 Å². The van der Waals surface area contributed by atoms with Gasteiger partial charge in [-0.05, 0) is 37.6 Å². The van der Waals surface area contributed by atoms with Gasteiger partial charge in [0.05, 0.1) is 5.69 Å². The van der Waals surface area contributed by atoms with Gasteiger partial charge in [0, 0.05) is 25.7 Å². The molecule has 0 N–H and O–H groups in total. The molecule has 0 amide bonds. The molecule has 3 heteroatoms. The lowest BCUT2D eigenvalue weighted by atomic mass is 10.1. The summed E-state index contributed by atoms with van der Waals surface area (Å²) < 4.78 is 6.07. The second kappa shape index (κ2) is 4.88. The smallest absolute Gasteiger partial charge is 0.141 e. The van der Waals surface area contributed by atoms with E-state index in [1.54, 1.807) is 0 Å². The molecular weight excluding hydrogens is 212 g/mol. The Morgan fingerprint density at radius 3 is 3.35 bits per heavy atom. The third-order valence-corrected chi connectivity index (χ3v) is 3.47. The van der Waals surface area contributed by atoms with Gasteiger partial charge in [0.1, 0.15) is 11.9 Å². The minimum atomic E-state index is 0.221. The number of rotatable bonds is 0. The Morgan fingerprint density at radius 1 is 1.35 bits per heavy atom. The molecule has 0 aromatic carbocycles. The topological polar surface area (TPSA) is 25.4 Å². The van der Waals surface area contributed by atoms with E-state index in [9.17, 15) is 0 Å². The third-order valence-electron chi connectivity index (χ3n) is 3.47. The summed E-state index contributed by atoms with van der Waals surface area (Å²) in [6, 6.07) is 3.99. The van der Waals surface area contributed by atoms with Gasteiger partial charge < -0.3 is 4.74 Å². The van der Waals surface area contributed by atoms with Crippen molar-refractivity contribution in [1.29, 1.82) is 0 Å². The Bertz CT molecular complexity index is 416. The number of ether oxygens (including phenoxy) is 1. The SMILES string of the molecule is C1=C\[C@H]2CCCN(C/1)CCc1ncccc1O2. The van der Waals surface area contributed by atoms with Gasteiger partial charge in [0.15, 0.2) is 0 Å². The summed E-state index contributed by atoms with van der Waals surface area (Å²) in [5.41, 5.74) is 1.10. The number of aromatic nitrogens is 1. The van der Waals surface area contributed by atoms with Crippen molar-refractivity contribution in [2.24, 2.45) is 0 Å². The van der Waals surface area contributed by atoms with Gasteiger partial charge in [-0.3, -0.25) is 9.88 Å². The van der Waals surface area contributed by atoms with Crippen molar-refractivity contribution in [3.63, 3.8) is 0 Å². The minimum absolute atomic E-state index is 0.221. The van der Waals surface area contributed by atoms with Crippen molar-refractivity contribution in [3.05, 3.63) is 36.2 Å². The first kappa shape index (κ1) is 10.8. The van der Waals surface area contributed by atoms with Gasteiger partial charge in [-0.25, -0.2) is 0 Å². The normalized spacial score (nSPS) is 29.9. The van der Waals surface area contributed by atoms with Crippen LogP contribution in [-0.2, 0) is 6.42 Å². The molecule has 3 aliphatic rings. The second-order valence-corrected chi connectivity index (χ2v) is 4.73. The largest absolute Gasteiger partial charge is 0.484 e. The summed E-state index contributed by atoms with van der Waals surface area (Å²) >= 11 is 0. The first-order valence-electron chi connectivity index (χ1n) is 6.41. The van der Waals surface area contributed by atoms with E-state index in [1.807, 2.05) is 18.3 Å². The third kappa shape index (κ3) is 2.50. The van der Waals surface area contributed by atoms with Crippen LogP contribution in [0.4, 0.5) is 0 Å². The fraction of sp³-hybridized carbons (Fsp3) is 0.500. The average molecular weight is 230 g/mol. The Balaban J connectivity index is 1.93. The van der Waals surface area contributed by atoms with E-state index in [-0.39, 0.29) is 6.10 Å². The highest BCUT2D eigenvalue weighted by atomic mass is 16.5. The van der Waals surface area contributed by atoms with Crippen molar-refractivity contribution in [2.45, 2.75) is 25.4 Å². The van der Waals surface area contributed by atoms with E-state index < -0.39 is 0 Å². The van der Waals surface area contributed by atoms with E-state index in [4.69, 9.17) is 4.74 Å². The Kier molecular flexibility index (Phi) is 3.10. The lowest BCUT2D eigenvalue weighted by Gasteiger charge is -2.27. The van der Waals surface area contributed by atoms with Crippen molar-refractivity contribution in [1.82, 2.24) is 9.88 Å². The zero-order chi connectivity index (χ0) is 11.5. The summed E-state index contributed by atoms with van der Waals surface area (Å²) in [6.07, 6.45) is 9.81. The van der Waals surface area contributed by atoms with Gasteiger partial charge in [0.25, 0.3) is 0 Å². The van der Waals surface area contributed by atoms with E-state index >= 15 is 0 Å². The Labute approximate surface area is 102 Å². The summed E-state index contributed by atoms with van der Waals surface area (Å²) in [5, 5.41) is 0. The molecule has 17 heavy (non-hydrogen) atoms. The molecule has 0 aliphatic carbocycles. The predicted octanol–water partition coefficient (Wildman–Crippen LogP) is 2.04. The number of hydrogen-bond donors (Lipinski definition) is 0. The molecule has 4 heterocycles.